The van der Waals surface area contributed by atoms with E-state index in [1.54, 1.807) is 7.11 Å². The van der Waals surface area contributed by atoms with Crippen LogP contribution in [0.5, 0.6) is 5.75 Å². The van der Waals surface area contributed by atoms with E-state index in [4.69, 9.17) is 21.3 Å². The van der Waals surface area contributed by atoms with Crippen LogP contribution >= 0.6 is 11.6 Å². The van der Waals surface area contributed by atoms with Crippen molar-refractivity contribution in [3.05, 3.63) is 41.4 Å². The first-order chi connectivity index (χ1) is 12.9. The predicted octanol–water partition coefficient (Wildman–Crippen LogP) is 5.63. The lowest BCUT2D eigenvalue weighted by Crippen LogP contribution is -2.36. The second-order valence-corrected chi connectivity index (χ2v) is 8.28. The normalized spacial score (nSPS) is 11.9. The van der Waals surface area contributed by atoms with E-state index in [1.807, 2.05) is 36.4 Å². The van der Waals surface area contributed by atoms with Gasteiger partial charge in [-0.05, 0) is 76.6 Å². The number of methoxy groups -OCH3 is 1. The molecule has 0 atom stereocenters. The molecule has 0 radical (unpaired) electrons. The summed E-state index contributed by atoms with van der Waals surface area (Å²) in [6.45, 7) is 8.50. The Morgan fingerprint density at radius 1 is 0.963 bits per heavy atom. The first kappa shape index (κ1) is 19.7. The molecule has 0 unspecified atom stereocenters. The number of hydrogen-bond donors (Lipinski definition) is 2. The monoisotopic (exact) mass is 385 g/mol. The fourth-order valence-corrected chi connectivity index (χ4v) is 3.31. The quantitative estimate of drug-likeness (QED) is 0.408. The van der Waals surface area contributed by atoms with Crippen molar-refractivity contribution in [1.82, 2.24) is 10.3 Å². The molecule has 0 aliphatic carbocycles. The van der Waals surface area contributed by atoms with Gasteiger partial charge in [0.15, 0.2) is 0 Å². The third-order valence-corrected chi connectivity index (χ3v) is 4.74. The molecule has 0 spiro atoms. The lowest BCUT2D eigenvalue weighted by molar-refractivity contribution is 0.415. The largest absolute Gasteiger partial charge is 0.497 e. The van der Waals surface area contributed by atoms with E-state index < -0.39 is 0 Å². The number of aromatic nitrogens is 1. The number of unbranched alkanes of at least 4 members (excludes halogenated alkanes) is 1. The molecule has 144 valence electrons. The summed E-state index contributed by atoms with van der Waals surface area (Å²) >= 11 is 6.18. The molecule has 0 aliphatic heterocycles. The minimum absolute atomic E-state index is 0.167. The molecule has 4 nitrogen and oxygen atoms in total. The van der Waals surface area contributed by atoms with Gasteiger partial charge in [-0.1, -0.05) is 11.6 Å². The first-order valence-electron chi connectivity index (χ1n) is 9.43. The Balaban J connectivity index is 1.84. The van der Waals surface area contributed by atoms with Crippen LogP contribution in [0.25, 0.3) is 21.8 Å². The van der Waals surface area contributed by atoms with Gasteiger partial charge in [0.1, 0.15) is 5.75 Å². The summed E-state index contributed by atoms with van der Waals surface area (Å²) in [5.41, 5.74) is 3.09. The lowest BCUT2D eigenvalue weighted by Gasteiger charge is -2.20. The summed E-state index contributed by atoms with van der Waals surface area (Å²) in [5.74, 6) is 0.829. The van der Waals surface area contributed by atoms with Crippen molar-refractivity contribution < 1.29 is 4.74 Å². The highest BCUT2D eigenvalue weighted by Crippen LogP contribution is 2.34. The predicted molar refractivity (Wildman–Crippen MR) is 116 cm³/mol. The Labute approximate surface area is 166 Å². The smallest absolute Gasteiger partial charge is 0.119 e. The van der Waals surface area contributed by atoms with Gasteiger partial charge in [0.05, 0.1) is 23.8 Å². The summed E-state index contributed by atoms with van der Waals surface area (Å²) in [6, 6.07) is 11.8. The molecule has 1 aromatic heterocycles. The van der Waals surface area contributed by atoms with Crippen LogP contribution in [0.15, 0.2) is 36.4 Å². The van der Waals surface area contributed by atoms with Gasteiger partial charge in [-0.3, -0.25) is 0 Å². The van der Waals surface area contributed by atoms with E-state index in [2.05, 4.69) is 31.4 Å². The number of fused-ring (bicyclic) bond motifs is 2. The Kier molecular flexibility index (Phi) is 6.08. The molecule has 0 amide bonds. The van der Waals surface area contributed by atoms with Crippen molar-refractivity contribution in [3.63, 3.8) is 0 Å². The Morgan fingerprint density at radius 2 is 1.74 bits per heavy atom. The van der Waals surface area contributed by atoms with Crippen LogP contribution in [-0.4, -0.2) is 30.7 Å². The molecule has 0 bridgehead atoms. The molecule has 0 aliphatic rings. The molecule has 2 aromatic carbocycles. The van der Waals surface area contributed by atoms with Crippen LogP contribution in [0, 0.1) is 0 Å². The molecule has 0 saturated carbocycles. The van der Waals surface area contributed by atoms with Gasteiger partial charge in [-0.15, -0.1) is 0 Å². The SMILES string of the molecule is COc1ccc2nc3cc(Cl)ccc3c(NCCCCNC(C)(C)C)c2c1. The van der Waals surface area contributed by atoms with E-state index in [1.165, 1.54) is 0 Å². The average Bonchev–Trinajstić information content (AvgIpc) is 2.62. The summed E-state index contributed by atoms with van der Waals surface area (Å²) in [5, 5.41) is 10.0. The molecule has 2 N–H and O–H groups in total. The highest BCUT2D eigenvalue weighted by atomic mass is 35.5. The van der Waals surface area contributed by atoms with E-state index >= 15 is 0 Å². The number of halogens is 1. The maximum atomic E-state index is 6.18. The molecular formula is C22H28ClN3O. The zero-order chi connectivity index (χ0) is 19.4. The minimum Gasteiger partial charge on any atom is -0.497 e. The summed E-state index contributed by atoms with van der Waals surface area (Å²) < 4.78 is 5.41. The third kappa shape index (κ3) is 5.02. The first-order valence-corrected chi connectivity index (χ1v) is 9.81. The van der Waals surface area contributed by atoms with Crippen molar-refractivity contribution in [2.24, 2.45) is 0 Å². The molecular weight excluding hydrogens is 358 g/mol. The van der Waals surface area contributed by atoms with Crippen molar-refractivity contribution in [3.8, 4) is 5.75 Å². The Morgan fingerprint density at radius 3 is 2.48 bits per heavy atom. The van der Waals surface area contributed by atoms with Gasteiger partial charge in [0.2, 0.25) is 0 Å². The molecule has 27 heavy (non-hydrogen) atoms. The third-order valence-electron chi connectivity index (χ3n) is 4.50. The average molecular weight is 386 g/mol. The minimum atomic E-state index is 0.167. The van der Waals surface area contributed by atoms with Crippen LogP contribution in [0.4, 0.5) is 5.69 Å². The zero-order valence-corrected chi connectivity index (χ0v) is 17.3. The van der Waals surface area contributed by atoms with E-state index in [-0.39, 0.29) is 5.54 Å². The maximum absolute atomic E-state index is 6.18. The number of nitrogens with one attached hydrogen (secondary N) is 2. The number of ether oxygens (including phenoxy) is 1. The second kappa shape index (κ2) is 8.32. The number of benzene rings is 2. The van der Waals surface area contributed by atoms with E-state index in [0.29, 0.717) is 5.02 Å². The number of anilines is 1. The van der Waals surface area contributed by atoms with Gasteiger partial charge in [0, 0.05) is 27.9 Å². The highest BCUT2D eigenvalue weighted by Gasteiger charge is 2.11. The molecule has 3 rings (SSSR count). The van der Waals surface area contributed by atoms with Gasteiger partial charge in [-0.25, -0.2) is 4.98 Å². The van der Waals surface area contributed by atoms with Crippen LogP contribution in [-0.2, 0) is 0 Å². The summed E-state index contributed by atoms with van der Waals surface area (Å²) in [4.78, 5) is 4.77. The topological polar surface area (TPSA) is 46.2 Å². The van der Waals surface area contributed by atoms with Crippen molar-refractivity contribution in [1.29, 1.82) is 0 Å². The van der Waals surface area contributed by atoms with Crippen molar-refractivity contribution >= 4 is 39.1 Å². The van der Waals surface area contributed by atoms with Gasteiger partial charge in [0.25, 0.3) is 0 Å². The van der Waals surface area contributed by atoms with Gasteiger partial charge < -0.3 is 15.4 Å². The second-order valence-electron chi connectivity index (χ2n) is 7.84. The Hall–Kier alpha value is -2.04. The van der Waals surface area contributed by atoms with Crippen molar-refractivity contribution in [2.45, 2.75) is 39.2 Å². The van der Waals surface area contributed by atoms with E-state index in [0.717, 1.165) is 59.2 Å². The standard InChI is InChI=1S/C22H28ClN3O/c1-22(2,3)25-12-6-5-11-24-21-17-9-7-15(23)13-20(17)26-19-10-8-16(27-4)14-18(19)21/h7-10,13-14,25H,5-6,11-12H2,1-4H3,(H,24,26). The zero-order valence-electron chi connectivity index (χ0n) is 16.5. The summed E-state index contributed by atoms with van der Waals surface area (Å²) in [7, 11) is 1.69. The van der Waals surface area contributed by atoms with Crippen LogP contribution in [0.2, 0.25) is 5.02 Å². The fourth-order valence-electron chi connectivity index (χ4n) is 3.14. The highest BCUT2D eigenvalue weighted by molar-refractivity contribution is 6.31. The van der Waals surface area contributed by atoms with Crippen LogP contribution in [0.3, 0.4) is 0 Å². The van der Waals surface area contributed by atoms with E-state index in [9.17, 15) is 0 Å². The fraction of sp³-hybridized carbons (Fsp3) is 0.409. The maximum Gasteiger partial charge on any atom is 0.119 e. The molecule has 5 heteroatoms. The molecule has 1 heterocycles. The molecule has 3 aromatic rings. The number of pyridine rings is 1. The van der Waals surface area contributed by atoms with Crippen LogP contribution in [0.1, 0.15) is 33.6 Å². The van der Waals surface area contributed by atoms with Crippen LogP contribution < -0.4 is 15.4 Å². The number of nitrogens with zero attached hydrogens (tertiary/aromatic N) is 1. The Bertz CT molecular complexity index is 934. The number of rotatable bonds is 7. The van der Waals surface area contributed by atoms with Gasteiger partial charge in [-0.2, -0.15) is 0 Å². The number of hydrogen-bond acceptors (Lipinski definition) is 4. The molecule has 0 saturated heterocycles. The lowest BCUT2D eigenvalue weighted by atomic mass is 10.1. The van der Waals surface area contributed by atoms with Crippen molar-refractivity contribution in [2.75, 3.05) is 25.5 Å². The summed E-state index contributed by atoms with van der Waals surface area (Å²) in [6.07, 6.45) is 2.21. The molecule has 0 fully saturated rings. The van der Waals surface area contributed by atoms with Gasteiger partial charge >= 0.3 is 0 Å².